The second-order valence-electron chi connectivity index (χ2n) is 6.14. The quantitative estimate of drug-likeness (QED) is 0.754. The second kappa shape index (κ2) is 8.34. The Morgan fingerprint density at radius 2 is 2.00 bits per heavy atom. The highest BCUT2D eigenvalue weighted by molar-refractivity contribution is 9.10. The molecule has 0 saturated heterocycles. The highest BCUT2D eigenvalue weighted by atomic mass is 79.9. The molecule has 6 nitrogen and oxygen atoms in total. The van der Waals surface area contributed by atoms with Crippen LogP contribution >= 0.6 is 15.9 Å². The summed E-state index contributed by atoms with van der Waals surface area (Å²) < 4.78 is 10.9. The van der Waals surface area contributed by atoms with Gasteiger partial charge >= 0.3 is 5.97 Å². The zero-order valence-electron chi connectivity index (χ0n) is 14.3. The first-order chi connectivity index (χ1) is 11.9. The summed E-state index contributed by atoms with van der Waals surface area (Å²) in [5.74, 6) is -0.586. The van der Waals surface area contributed by atoms with Crippen LogP contribution in [0.3, 0.4) is 0 Å². The maximum Gasteiger partial charge on any atom is 0.340 e. The second-order valence-corrected chi connectivity index (χ2v) is 6.99. The van der Waals surface area contributed by atoms with Crippen LogP contribution < -0.4 is 10.1 Å². The third-order valence-corrected chi connectivity index (χ3v) is 5.02. The molecule has 1 aliphatic rings. The summed E-state index contributed by atoms with van der Waals surface area (Å²) in [7, 11) is 1.50. The molecule has 1 amide bonds. The molecule has 0 bridgehead atoms. The number of carbonyl (C=O) groups excluding carboxylic acids is 2. The van der Waals surface area contributed by atoms with Crippen LogP contribution in [0.15, 0.2) is 22.7 Å². The molecular weight excluding hydrogens is 388 g/mol. The Labute approximate surface area is 155 Å². The van der Waals surface area contributed by atoms with Crippen LogP contribution in [0.5, 0.6) is 5.75 Å². The van der Waals surface area contributed by atoms with Crippen LogP contribution in [0.25, 0.3) is 0 Å². The number of ether oxygens (including phenoxy) is 2. The molecule has 0 radical (unpaired) electrons. The highest BCUT2D eigenvalue weighted by Gasteiger charge is 2.35. The molecule has 0 unspecified atom stereocenters. The summed E-state index contributed by atoms with van der Waals surface area (Å²) in [6.45, 7) is 1.50. The standard InChI is InChI=1S/C18H21BrN2O4/c1-12(16(22)21-18(11-20)8-4-3-5-9-18)25-17(23)14-10-13(24-2)6-7-15(14)19/h6-7,10,12H,3-5,8-9H2,1-2H3,(H,21,22)/t12-/m1/s1. The molecule has 1 aromatic rings. The number of hydrogen-bond acceptors (Lipinski definition) is 5. The number of rotatable bonds is 5. The van der Waals surface area contributed by atoms with Gasteiger partial charge in [-0.3, -0.25) is 4.79 Å². The molecule has 1 aliphatic carbocycles. The van der Waals surface area contributed by atoms with Gasteiger partial charge in [0.15, 0.2) is 6.10 Å². The Morgan fingerprint density at radius 3 is 2.60 bits per heavy atom. The molecule has 0 spiro atoms. The number of benzene rings is 1. The monoisotopic (exact) mass is 408 g/mol. The summed E-state index contributed by atoms with van der Waals surface area (Å²) in [6.07, 6.45) is 3.11. The zero-order valence-corrected chi connectivity index (χ0v) is 15.9. The van der Waals surface area contributed by atoms with Crippen molar-refractivity contribution in [2.45, 2.75) is 50.7 Å². The largest absolute Gasteiger partial charge is 0.497 e. The summed E-state index contributed by atoms with van der Waals surface area (Å²) >= 11 is 3.29. The number of nitrogens with one attached hydrogen (secondary N) is 1. The van der Waals surface area contributed by atoms with Gasteiger partial charge in [0.25, 0.3) is 5.91 Å². The lowest BCUT2D eigenvalue weighted by molar-refractivity contribution is -0.130. The fourth-order valence-electron chi connectivity index (χ4n) is 2.82. The average Bonchev–Trinajstić information content (AvgIpc) is 2.62. The van der Waals surface area contributed by atoms with Gasteiger partial charge in [0, 0.05) is 4.47 Å². The predicted octanol–water partition coefficient (Wildman–Crippen LogP) is 3.35. The van der Waals surface area contributed by atoms with Crippen LogP contribution in [0.4, 0.5) is 0 Å². The Balaban J connectivity index is 2.03. The minimum absolute atomic E-state index is 0.270. The molecule has 1 aromatic carbocycles. The van der Waals surface area contributed by atoms with E-state index in [9.17, 15) is 14.9 Å². The van der Waals surface area contributed by atoms with Gasteiger partial charge < -0.3 is 14.8 Å². The molecule has 25 heavy (non-hydrogen) atoms. The summed E-state index contributed by atoms with van der Waals surface area (Å²) in [5.41, 5.74) is -0.585. The topological polar surface area (TPSA) is 88.4 Å². The van der Waals surface area contributed by atoms with Crippen LogP contribution in [-0.2, 0) is 9.53 Å². The Bertz CT molecular complexity index is 693. The van der Waals surface area contributed by atoms with Gasteiger partial charge in [-0.05, 0) is 53.9 Å². The molecule has 134 valence electrons. The van der Waals surface area contributed by atoms with Crippen LogP contribution in [0.1, 0.15) is 49.4 Å². The van der Waals surface area contributed by atoms with E-state index in [0.29, 0.717) is 23.1 Å². The van der Waals surface area contributed by atoms with Crippen molar-refractivity contribution >= 4 is 27.8 Å². The number of nitriles is 1. The molecule has 1 atom stereocenters. The summed E-state index contributed by atoms with van der Waals surface area (Å²) in [6, 6.07) is 7.13. The lowest BCUT2D eigenvalue weighted by Crippen LogP contribution is -2.52. The smallest absolute Gasteiger partial charge is 0.340 e. The lowest BCUT2D eigenvalue weighted by atomic mass is 9.83. The summed E-state index contributed by atoms with van der Waals surface area (Å²) in [4.78, 5) is 24.7. The fourth-order valence-corrected chi connectivity index (χ4v) is 3.23. The van der Waals surface area contributed by atoms with Crippen LogP contribution in [0, 0.1) is 11.3 Å². The van der Waals surface area contributed by atoms with Crippen molar-refractivity contribution in [2.75, 3.05) is 7.11 Å². The number of amides is 1. The molecule has 0 aromatic heterocycles. The molecule has 0 heterocycles. The van der Waals surface area contributed by atoms with Crippen LogP contribution in [-0.4, -0.2) is 30.6 Å². The third kappa shape index (κ3) is 4.73. The van der Waals surface area contributed by atoms with Gasteiger partial charge in [0.2, 0.25) is 0 Å². The average molecular weight is 409 g/mol. The van der Waals surface area contributed by atoms with Crippen molar-refractivity contribution in [3.63, 3.8) is 0 Å². The number of carbonyl (C=O) groups is 2. The minimum atomic E-state index is -1.00. The summed E-state index contributed by atoms with van der Waals surface area (Å²) in [5, 5.41) is 12.2. The first kappa shape index (κ1) is 19.3. The first-order valence-corrected chi connectivity index (χ1v) is 8.98. The fraction of sp³-hybridized carbons (Fsp3) is 0.500. The Hall–Kier alpha value is -2.07. The highest BCUT2D eigenvalue weighted by Crippen LogP contribution is 2.28. The van der Waals surface area contributed by atoms with Gasteiger partial charge in [-0.1, -0.05) is 19.3 Å². The molecule has 7 heteroatoms. The number of methoxy groups -OCH3 is 1. The number of esters is 1. The predicted molar refractivity (Wildman–Crippen MR) is 95.1 cm³/mol. The van der Waals surface area contributed by atoms with Gasteiger partial charge in [-0.25, -0.2) is 4.79 Å². The van der Waals surface area contributed by atoms with E-state index in [4.69, 9.17) is 9.47 Å². The van der Waals surface area contributed by atoms with E-state index in [2.05, 4.69) is 27.3 Å². The maximum atomic E-state index is 12.4. The minimum Gasteiger partial charge on any atom is -0.497 e. The van der Waals surface area contributed by atoms with E-state index >= 15 is 0 Å². The van der Waals surface area contributed by atoms with Crippen molar-refractivity contribution < 1.29 is 19.1 Å². The van der Waals surface area contributed by atoms with E-state index in [1.807, 2.05) is 0 Å². The van der Waals surface area contributed by atoms with Gasteiger partial charge in [0.05, 0.1) is 18.7 Å². The maximum absolute atomic E-state index is 12.4. The first-order valence-electron chi connectivity index (χ1n) is 8.18. The Kier molecular flexibility index (Phi) is 6.43. The van der Waals surface area contributed by atoms with Crippen molar-refractivity contribution in [2.24, 2.45) is 0 Å². The van der Waals surface area contributed by atoms with Crippen molar-refractivity contribution in [1.82, 2.24) is 5.32 Å². The van der Waals surface area contributed by atoms with Gasteiger partial charge in [-0.2, -0.15) is 5.26 Å². The molecular formula is C18H21BrN2O4. The Morgan fingerprint density at radius 1 is 1.32 bits per heavy atom. The number of halogens is 1. The molecule has 0 aliphatic heterocycles. The lowest BCUT2D eigenvalue weighted by Gasteiger charge is -2.32. The van der Waals surface area contributed by atoms with Crippen molar-refractivity contribution in [3.05, 3.63) is 28.2 Å². The van der Waals surface area contributed by atoms with E-state index < -0.39 is 23.5 Å². The SMILES string of the molecule is COc1ccc(Br)c(C(=O)O[C@H](C)C(=O)NC2(C#N)CCCCC2)c1. The van der Waals surface area contributed by atoms with Gasteiger partial charge in [0.1, 0.15) is 11.3 Å². The van der Waals surface area contributed by atoms with Crippen molar-refractivity contribution in [3.8, 4) is 11.8 Å². The van der Waals surface area contributed by atoms with E-state index in [0.717, 1.165) is 19.3 Å². The van der Waals surface area contributed by atoms with E-state index in [-0.39, 0.29) is 5.56 Å². The zero-order chi connectivity index (χ0) is 18.4. The van der Waals surface area contributed by atoms with Crippen molar-refractivity contribution in [1.29, 1.82) is 5.26 Å². The number of hydrogen-bond donors (Lipinski definition) is 1. The molecule has 1 fully saturated rings. The molecule has 2 rings (SSSR count). The molecule has 1 N–H and O–H groups in total. The van der Waals surface area contributed by atoms with E-state index in [1.165, 1.54) is 20.1 Å². The van der Waals surface area contributed by atoms with Crippen LogP contribution in [0.2, 0.25) is 0 Å². The normalized spacial score (nSPS) is 17.0. The molecule has 1 saturated carbocycles. The van der Waals surface area contributed by atoms with Gasteiger partial charge in [-0.15, -0.1) is 0 Å². The van der Waals surface area contributed by atoms with E-state index in [1.54, 1.807) is 12.1 Å². The number of nitrogens with zero attached hydrogens (tertiary/aromatic N) is 1. The third-order valence-electron chi connectivity index (χ3n) is 4.33.